The van der Waals surface area contributed by atoms with Crippen LogP contribution in [0.4, 0.5) is 5.82 Å². The summed E-state index contributed by atoms with van der Waals surface area (Å²) in [6, 6.07) is 9.75. The Balaban J connectivity index is 1.75. The van der Waals surface area contributed by atoms with E-state index in [-0.39, 0.29) is 0 Å². The van der Waals surface area contributed by atoms with Gasteiger partial charge in [-0.1, -0.05) is 17.7 Å². The first kappa shape index (κ1) is 13.1. The predicted octanol–water partition coefficient (Wildman–Crippen LogP) is 3.14. The molecule has 2 aromatic rings. The first-order valence-electron chi connectivity index (χ1n) is 6.43. The van der Waals surface area contributed by atoms with Gasteiger partial charge < -0.3 is 14.4 Å². The van der Waals surface area contributed by atoms with Crippen LogP contribution in [0, 0.1) is 0 Å². The standard InChI is InChI=1S/C15H15ClN2O2/c1-18(15-5-3-12(16)9-17-15)10-11-2-4-13-14(8-11)20-7-6-19-13/h2-5,8-9H,6-7,10H2,1H3. The zero-order chi connectivity index (χ0) is 13.9. The van der Waals surface area contributed by atoms with Crippen LogP contribution in [0.1, 0.15) is 5.56 Å². The third-order valence-electron chi connectivity index (χ3n) is 3.13. The molecule has 0 saturated carbocycles. The first-order chi connectivity index (χ1) is 9.72. The number of benzene rings is 1. The lowest BCUT2D eigenvalue weighted by Gasteiger charge is -2.21. The number of hydrogen-bond donors (Lipinski definition) is 0. The fourth-order valence-electron chi connectivity index (χ4n) is 2.13. The fourth-order valence-corrected chi connectivity index (χ4v) is 2.25. The molecule has 0 atom stereocenters. The summed E-state index contributed by atoms with van der Waals surface area (Å²) in [5.41, 5.74) is 1.15. The van der Waals surface area contributed by atoms with Gasteiger partial charge in [0.15, 0.2) is 11.5 Å². The van der Waals surface area contributed by atoms with E-state index in [4.69, 9.17) is 21.1 Å². The molecule has 0 N–H and O–H groups in total. The van der Waals surface area contributed by atoms with Gasteiger partial charge in [0.1, 0.15) is 19.0 Å². The van der Waals surface area contributed by atoms with Crippen molar-refractivity contribution in [1.82, 2.24) is 4.98 Å². The molecule has 5 heteroatoms. The minimum atomic E-state index is 0.602. The molecule has 0 spiro atoms. The lowest BCUT2D eigenvalue weighted by atomic mass is 10.2. The maximum Gasteiger partial charge on any atom is 0.161 e. The number of aromatic nitrogens is 1. The maximum absolute atomic E-state index is 5.84. The smallest absolute Gasteiger partial charge is 0.161 e. The van der Waals surface area contributed by atoms with Crippen molar-refractivity contribution in [2.24, 2.45) is 0 Å². The molecule has 0 radical (unpaired) electrons. The predicted molar refractivity (Wildman–Crippen MR) is 78.8 cm³/mol. The Bertz CT molecular complexity index is 601. The summed E-state index contributed by atoms with van der Waals surface area (Å²) in [6.07, 6.45) is 1.65. The number of nitrogens with zero attached hydrogens (tertiary/aromatic N) is 2. The molecule has 0 saturated heterocycles. The summed E-state index contributed by atoms with van der Waals surface area (Å²) in [5.74, 6) is 2.50. The molecule has 4 nitrogen and oxygen atoms in total. The SMILES string of the molecule is CN(Cc1ccc2c(c1)OCCO2)c1ccc(Cl)cn1. The molecular formula is C15H15ClN2O2. The van der Waals surface area contributed by atoms with Crippen molar-refractivity contribution in [2.45, 2.75) is 6.54 Å². The zero-order valence-corrected chi connectivity index (χ0v) is 11.9. The highest BCUT2D eigenvalue weighted by Gasteiger charge is 2.12. The zero-order valence-electron chi connectivity index (χ0n) is 11.2. The lowest BCUT2D eigenvalue weighted by molar-refractivity contribution is 0.171. The van der Waals surface area contributed by atoms with E-state index < -0.39 is 0 Å². The second kappa shape index (κ2) is 5.59. The Morgan fingerprint density at radius 3 is 2.70 bits per heavy atom. The van der Waals surface area contributed by atoms with Crippen LogP contribution in [0.3, 0.4) is 0 Å². The van der Waals surface area contributed by atoms with Crippen LogP contribution in [-0.4, -0.2) is 25.2 Å². The Morgan fingerprint density at radius 1 is 1.15 bits per heavy atom. The van der Waals surface area contributed by atoms with Crippen LogP contribution < -0.4 is 14.4 Å². The number of rotatable bonds is 3. The topological polar surface area (TPSA) is 34.6 Å². The van der Waals surface area contributed by atoms with Gasteiger partial charge in [-0.05, 0) is 29.8 Å². The van der Waals surface area contributed by atoms with Gasteiger partial charge in [0.2, 0.25) is 0 Å². The Labute approximate surface area is 122 Å². The van der Waals surface area contributed by atoms with Crippen molar-refractivity contribution >= 4 is 17.4 Å². The molecule has 0 bridgehead atoms. The van der Waals surface area contributed by atoms with Crippen molar-refractivity contribution in [3.8, 4) is 11.5 Å². The minimum Gasteiger partial charge on any atom is -0.486 e. The highest BCUT2D eigenvalue weighted by Crippen LogP contribution is 2.31. The molecule has 0 amide bonds. The van der Waals surface area contributed by atoms with Gasteiger partial charge in [-0.15, -0.1) is 0 Å². The number of halogens is 1. The van der Waals surface area contributed by atoms with Gasteiger partial charge in [-0.3, -0.25) is 0 Å². The summed E-state index contributed by atoms with van der Waals surface area (Å²) in [4.78, 5) is 6.36. The van der Waals surface area contributed by atoms with Gasteiger partial charge in [0, 0.05) is 19.8 Å². The second-order valence-corrected chi connectivity index (χ2v) is 5.11. The van der Waals surface area contributed by atoms with Crippen molar-refractivity contribution < 1.29 is 9.47 Å². The average molecular weight is 291 g/mol. The summed E-state index contributed by atoms with van der Waals surface area (Å²) in [5, 5.41) is 0.640. The second-order valence-electron chi connectivity index (χ2n) is 4.67. The van der Waals surface area contributed by atoms with Crippen LogP contribution in [0.15, 0.2) is 36.5 Å². The van der Waals surface area contributed by atoms with Crippen LogP contribution in [0.5, 0.6) is 11.5 Å². The van der Waals surface area contributed by atoms with Gasteiger partial charge in [-0.25, -0.2) is 4.98 Å². The van der Waals surface area contributed by atoms with Crippen molar-refractivity contribution in [1.29, 1.82) is 0 Å². The van der Waals surface area contributed by atoms with Crippen LogP contribution >= 0.6 is 11.6 Å². The van der Waals surface area contributed by atoms with E-state index >= 15 is 0 Å². The van der Waals surface area contributed by atoms with Crippen molar-refractivity contribution in [2.75, 3.05) is 25.2 Å². The molecule has 1 aliphatic heterocycles. The normalized spacial score (nSPS) is 13.1. The third-order valence-corrected chi connectivity index (χ3v) is 3.35. The van der Waals surface area contributed by atoms with E-state index in [9.17, 15) is 0 Å². The molecule has 104 valence electrons. The fraction of sp³-hybridized carbons (Fsp3) is 0.267. The summed E-state index contributed by atoms with van der Waals surface area (Å²) >= 11 is 5.84. The molecule has 0 unspecified atom stereocenters. The van der Waals surface area contributed by atoms with Gasteiger partial charge in [0.25, 0.3) is 0 Å². The van der Waals surface area contributed by atoms with Crippen LogP contribution in [0.2, 0.25) is 5.02 Å². The minimum absolute atomic E-state index is 0.602. The van der Waals surface area contributed by atoms with Crippen LogP contribution in [0.25, 0.3) is 0 Å². The number of anilines is 1. The molecule has 1 aromatic heterocycles. The Hall–Kier alpha value is -1.94. The number of fused-ring (bicyclic) bond motifs is 1. The Kier molecular flexibility index (Phi) is 3.65. The highest BCUT2D eigenvalue weighted by molar-refractivity contribution is 6.30. The van der Waals surface area contributed by atoms with E-state index in [0.717, 1.165) is 29.4 Å². The number of pyridine rings is 1. The van der Waals surface area contributed by atoms with E-state index in [0.29, 0.717) is 18.2 Å². The van der Waals surface area contributed by atoms with E-state index in [2.05, 4.69) is 9.88 Å². The molecule has 0 aliphatic carbocycles. The van der Waals surface area contributed by atoms with E-state index in [1.54, 1.807) is 6.20 Å². The quantitative estimate of drug-likeness (QED) is 0.870. The van der Waals surface area contributed by atoms with Gasteiger partial charge in [-0.2, -0.15) is 0 Å². The summed E-state index contributed by atoms with van der Waals surface area (Å²) in [6.45, 7) is 1.96. The summed E-state index contributed by atoms with van der Waals surface area (Å²) < 4.78 is 11.1. The first-order valence-corrected chi connectivity index (χ1v) is 6.81. The molecule has 1 aliphatic rings. The molecule has 2 heterocycles. The number of ether oxygens (including phenoxy) is 2. The van der Waals surface area contributed by atoms with Gasteiger partial charge >= 0.3 is 0 Å². The lowest BCUT2D eigenvalue weighted by Crippen LogP contribution is -2.19. The molecule has 20 heavy (non-hydrogen) atoms. The molecular weight excluding hydrogens is 276 g/mol. The molecule has 0 fully saturated rings. The molecule has 1 aromatic carbocycles. The van der Waals surface area contributed by atoms with Crippen LogP contribution in [-0.2, 0) is 6.54 Å². The van der Waals surface area contributed by atoms with Gasteiger partial charge in [0.05, 0.1) is 5.02 Å². The Morgan fingerprint density at radius 2 is 1.95 bits per heavy atom. The summed E-state index contributed by atoms with van der Waals surface area (Å²) in [7, 11) is 1.99. The van der Waals surface area contributed by atoms with E-state index in [1.807, 2.05) is 37.4 Å². The monoisotopic (exact) mass is 290 g/mol. The number of hydrogen-bond acceptors (Lipinski definition) is 4. The van der Waals surface area contributed by atoms with Crippen molar-refractivity contribution in [3.05, 3.63) is 47.1 Å². The average Bonchev–Trinajstić information content (AvgIpc) is 2.48. The molecule has 3 rings (SSSR count). The highest BCUT2D eigenvalue weighted by atomic mass is 35.5. The third kappa shape index (κ3) is 2.80. The van der Waals surface area contributed by atoms with E-state index in [1.165, 1.54) is 0 Å². The van der Waals surface area contributed by atoms with Crippen molar-refractivity contribution in [3.63, 3.8) is 0 Å². The maximum atomic E-state index is 5.84. The largest absolute Gasteiger partial charge is 0.486 e.